The molecule has 1 aliphatic rings. The molecule has 2 aromatic heterocycles. The minimum absolute atomic E-state index is 0. The first kappa shape index (κ1) is 55.3. The topological polar surface area (TPSA) is 193 Å². The van der Waals surface area contributed by atoms with Crippen LogP contribution in [0.3, 0.4) is 0 Å². The van der Waals surface area contributed by atoms with Gasteiger partial charge in [-0.1, -0.05) is 146 Å². The Bertz CT molecular complexity index is 2600. The van der Waals surface area contributed by atoms with Crippen LogP contribution in [0, 0.1) is 32.1 Å². The Hall–Kier alpha value is -3.03. The van der Waals surface area contributed by atoms with Crippen LogP contribution in [0.4, 0.5) is 5.82 Å². The summed E-state index contributed by atoms with van der Waals surface area (Å²) in [4.78, 5) is 14.9. The van der Waals surface area contributed by atoms with E-state index in [1.165, 1.54) is 36.9 Å². The van der Waals surface area contributed by atoms with Gasteiger partial charge in [0.1, 0.15) is 26.1 Å². The molecule has 2 N–H and O–H groups in total. The van der Waals surface area contributed by atoms with Crippen LogP contribution in [-0.4, -0.2) is 40.9 Å². The average molecular weight is 1030 g/mol. The minimum Gasteiger partial charge on any atom is -0.744 e. The van der Waals surface area contributed by atoms with Crippen LogP contribution in [0.25, 0.3) is 11.2 Å². The van der Waals surface area contributed by atoms with Crippen molar-refractivity contribution < 1.29 is 105 Å². The molecule has 0 amide bonds. The molecule has 1 aliphatic carbocycles. The third-order valence-electron chi connectivity index (χ3n) is 8.54. The molecular weight excluding hydrogens is 992 g/mol. The van der Waals surface area contributed by atoms with Crippen LogP contribution in [0.2, 0.25) is 0 Å². The van der Waals surface area contributed by atoms with Gasteiger partial charge < -0.3 is 29.8 Å². The van der Waals surface area contributed by atoms with Gasteiger partial charge in [-0.3, -0.25) is 0 Å². The Balaban J connectivity index is 0.000000249. The molecule has 1 saturated carbocycles. The van der Waals surface area contributed by atoms with Crippen molar-refractivity contribution in [2.24, 2.45) is 0 Å². The Kier molecular flexibility index (Phi) is 23.8. The van der Waals surface area contributed by atoms with Gasteiger partial charge in [0.15, 0.2) is 0 Å². The second-order valence-electron chi connectivity index (χ2n) is 12.7. The number of nitrogen functional groups attached to an aromatic ring is 1. The molecule has 11 nitrogen and oxygen atoms in total. The number of rotatable bonds is 8. The smallest absolute Gasteiger partial charge is 0.744 e. The van der Waals surface area contributed by atoms with Gasteiger partial charge in [-0.05, 0) is 110 Å². The van der Waals surface area contributed by atoms with E-state index in [9.17, 15) is 25.9 Å². The summed E-state index contributed by atoms with van der Waals surface area (Å²) in [5.41, 5.74) is 6.57. The molecule has 0 spiro atoms. The number of imidazole rings is 1. The summed E-state index contributed by atoms with van der Waals surface area (Å²) in [7, 11) is -10.8. The quantitative estimate of drug-likeness (QED) is 0.115. The van der Waals surface area contributed by atoms with Crippen molar-refractivity contribution in [2.75, 3.05) is 5.73 Å². The van der Waals surface area contributed by atoms with Gasteiger partial charge in [0.25, 0.3) is 0 Å². The fraction of sp³-hybridized carbons (Fsp3) is 0. The molecule has 0 aliphatic heterocycles. The Morgan fingerprint density at radius 3 is 1.09 bits per heavy atom. The molecule has 314 valence electrons. The molecule has 6 aromatic carbocycles. The molecule has 0 bridgehead atoms. The monoisotopic (exact) mass is 1030 g/mol. The second kappa shape index (κ2) is 27.6. The Morgan fingerprint density at radius 1 is 0.453 bits per heavy atom. The molecule has 2 heterocycles. The van der Waals surface area contributed by atoms with E-state index >= 15 is 0 Å². The molecule has 9 rings (SSSR count). The number of nitrogens with zero attached hydrogens (tertiary/aromatic N) is 4. The van der Waals surface area contributed by atoms with E-state index in [1.54, 1.807) is 12.1 Å². The summed E-state index contributed by atoms with van der Waals surface area (Å²) in [6.45, 7) is 0. The number of hydrogen-bond acceptors (Lipinski definition) is 10. The molecule has 0 atom stereocenters. The largest absolute Gasteiger partial charge is 1.00 e. The fourth-order valence-corrected chi connectivity index (χ4v) is 11.7. The zero-order valence-corrected chi connectivity index (χ0v) is 43.7. The summed E-state index contributed by atoms with van der Waals surface area (Å²) in [6, 6.07) is 52.3. The molecule has 6 radical (unpaired) electrons. The Morgan fingerprint density at radius 2 is 0.781 bits per heavy atom. The van der Waals surface area contributed by atoms with E-state index in [0.29, 0.717) is 17.0 Å². The molecule has 1 fully saturated rings. The SMILES string of the molecule is Nc1ncnc2[n-]cnc12.O=S(=O)([O-])c1cccc(P(c2ccccc2)c2ccccc2)c1.O=S(=O)([O-])c1cccc(P(c2ccccc2)c2ccccc2)c1.[CH]1[CH][CH][CH][CH]1.[Na+].[Na+].[Ru+]. The van der Waals surface area contributed by atoms with Crippen LogP contribution < -0.4 is 102 Å². The number of benzene rings is 6. The maximum Gasteiger partial charge on any atom is 1.00 e. The van der Waals surface area contributed by atoms with Gasteiger partial charge in [0.05, 0.1) is 9.79 Å². The molecule has 8 aromatic rings. The number of fused-ring (bicyclic) bond motifs is 1. The van der Waals surface area contributed by atoms with Crippen LogP contribution in [-0.2, 0) is 39.7 Å². The van der Waals surface area contributed by atoms with Crippen LogP contribution in [0.1, 0.15) is 0 Å². The summed E-state index contributed by atoms with van der Waals surface area (Å²) in [5.74, 6) is 0.377. The number of anilines is 1. The molecule has 64 heavy (non-hydrogen) atoms. The standard InChI is InChI=1S/2C18H15O3PS.C5H4N5.C5H5.2Na.Ru/c2*19-23(20,21)18-13-7-12-17(14-18)22(15-8-3-1-4-9-15)16-10-5-2-6-11-16;6-4-3-5(9-1-7-3)10-2-8-4;1-2-4-5-3-1;;;/h2*1-14H,(H,19,20,21);1-2H,(H2-,6,7,8,9,10);1-5H;;;/q;;-1;;3*+1/p-2. The molecule has 0 saturated heterocycles. The predicted molar refractivity (Wildman–Crippen MR) is 243 cm³/mol. The van der Waals surface area contributed by atoms with Crippen LogP contribution >= 0.6 is 15.8 Å². The van der Waals surface area contributed by atoms with Crippen LogP contribution in [0.5, 0.6) is 0 Å². The van der Waals surface area contributed by atoms with E-state index in [2.05, 4.69) is 19.9 Å². The molecular formula is C46H37N5Na2O6P2RuS2. The zero-order chi connectivity index (χ0) is 43.1. The maximum absolute atomic E-state index is 11.3. The van der Waals surface area contributed by atoms with Gasteiger partial charge in [-0.2, -0.15) is 0 Å². The maximum atomic E-state index is 11.3. The first-order chi connectivity index (χ1) is 29.5. The minimum atomic E-state index is -4.46. The average Bonchev–Trinajstić information content (AvgIpc) is 4.03. The van der Waals surface area contributed by atoms with Crippen LogP contribution in [0.15, 0.2) is 192 Å². The first-order valence-electron chi connectivity index (χ1n) is 18.4. The third-order valence-corrected chi connectivity index (χ3v) is 15.1. The van der Waals surface area contributed by atoms with Crippen molar-refractivity contribution >= 4 is 84.9 Å². The van der Waals surface area contributed by atoms with E-state index in [4.69, 9.17) is 5.73 Å². The summed E-state index contributed by atoms with van der Waals surface area (Å²) in [6.07, 6.45) is 12.8. The van der Waals surface area contributed by atoms with Crippen molar-refractivity contribution in [3.05, 3.63) is 215 Å². The Labute approximate surface area is 434 Å². The van der Waals surface area contributed by atoms with Crippen molar-refractivity contribution in [3.63, 3.8) is 0 Å². The summed E-state index contributed by atoms with van der Waals surface area (Å²) < 4.78 is 68.0. The van der Waals surface area contributed by atoms with E-state index in [0.717, 1.165) is 31.8 Å². The molecule has 0 unspecified atom stereocenters. The van der Waals surface area contributed by atoms with Crippen molar-refractivity contribution in [2.45, 2.75) is 9.79 Å². The zero-order valence-electron chi connectivity index (χ0n) is 34.6. The van der Waals surface area contributed by atoms with Gasteiger partial charge in [0, 0.05) is 17.5 Å². The number of nitrogens with two attached hydrogens (primary N) is 1. The van der Waals surface area contributed by atoms with E-state index < -0.39 is 36.1 Å². The third kappa shape index (κ3) is 16.4. The normalized spacial score (nSPS) is 11.8. The van der Waals surface area contributed by atoms with Crippen molar-refractivity contribution in [3.8, 4) is 0 Å². The number of aromatic nitrogens is 4. The van der Waals surface area contributed by atoms with E-state index in [1.807, 2.05) is 166 Å². The van der Waals surface area contributed by atoms with Gasteiger partial charge >= 0.3 is 78.6 Å². The first-order valence-corrected chi connectivity index (χ1v) is 23.9. The second-order valence-corrected chi connectivity index (χ2v) is 19.9. The summed E-state index contributed by atoms with van der Waals surface area (Å²) >= 11 is 0. The fourth-order valence-electron chi connectivity index (χ4n) is 5.82. The predicted octanol–water partition coefficient (Wildman–Crippen LogP) is -0.711. The number of hydrogen-bond donors (Lipinski definition) is 1. The van der Waals surface area contributed by atoms with Gasteiger partial charge in [-0.15, -0.1) is 0 Å². The van der Waals surface area contributed by atoms with Gasteiger partial charge in [0.2, 0.25) is 0 Å². The van der Waals surface area contributed by atoms with Gasteiger partial charge in [-0.25, -0.2) is 21.8 Å². The van der Waals surface area contributed by atoms with Crippen molar-refractivity contribution in [1.29, 1.82) is 0 Å². The summed E-state index contributed by atoms with van der Waals surface area (Å²) in [5, 5.41) is 6.11. The molecule has 18 heteroatoms. The van der Waals surface area contributed by atoms with E-state index in [-0.39, 0.29) is 88.4 Å². The van der Waals surface area contributed by atoms with Crippen molar-refractivity contribution in [1.82, 2.24) is 19.9 Å².